The molecule has 0 radical (unpaired) electrons. The second kappa shape index (κ2) is 5.31. The number of imidazole rings is 1. The van der Waals surface area contributed by atoms with Crippen LogP contribution in [0.5, 0.6) is 0 Å². The molecule has 0 bridgehead atoms. The summed E-state index contributed by atoms with van der Waals surface area (Å²) in [5.41, 5.74) is 1.46. The van der Waals surface area contributed by atoms with Gasteiger partial charge < -0.3 is 4.57 Å². The zero-order valence-electron chi connectivity index (χ0n) is 10.6. The van der Waals surface area contributed by atoms with Gasteiger partial charge in [0.05, 0.1) is 27.7 Å². The molecule has 1 atom stereocenters. The zero-order chi connectivity index (χ0) is 14.2. The van der Waals surface area contributed by atoms with Gasteiger partial charge in [0, 0.05) is 12.3 Å². The third kappa shape index (κ3) is 3.04. The lowest BCUT2D eigenvalue weighted by atomic mass is 10.3. The van der Waals surface area contributed by atoms with Crippen molar-refractivity contribution in [2.45, 2.75) is 18.8 Å². The molecule has 104 valence electrons. The maximum Gasteiger partial charge on any atom is 0.149 e. The van der Waals surface area contributed by atoms with Gasteiger partial charge in [0.2, 0.25) is 0 Å². The molecular weight excluding hydrogens is 307 g/mol. The Bertz CT molecular complexity index is 710. The highest BCUT2D eigenvalue weighted by atomic mass is 35.5. The summed E-state index contributed by atoms with van der Waals surface area (Å²) < 4.78 is 24.7. The van der Waals surface area contributed by atoms with Crippen LogP contribution in [0.4, 0.5) is 0 Å². The number of benzene rings is 1. The second-order valence-electron chi connectivity index (χ2n) is 4.58. The Morgan fingerprint density at radius 2 is 2.11 bits per heavy atom. The van der Waals surface area contributed by atoms with Gasteiger partial charge in [-0.3, -0.25) is 0 Å². The van der Waals surface area contributed by atoms with E-state index in [1.54, 1.807) is 12.1 Å². The molecule has 0 fully saturated rings. The fraction of sp³-hybridized carbons (Fsp3) is 0.417. The quantitative estimate of drug-likeness (QED) is 0.813. The molecule has 0 spiro atoms. The molecule has 7 heteroatoms. The number of hydrogen-bond donors (Lipinski definition) is 0. The third-order valence-electron chi connectivity index (χ3n) is 2.84. The Kier molecular flexibility index (Phi) is 4.08. The van der Waals surface area contributed by atoms with E-state index in [9.17, 15) is 8.42 Å². The van der Waals surface area contributed by atoms with Gasteiger partial charge in [-0.15, -0.1) is 11.6 Å². The maximum atomic E-state index is 11.5. The SMILES string of the molecule is CC(CS(C)(=O)=O)n1c(CCl)nc2cccc(Cl)c21. The average Bonchev–Trinajstić information content (AvgIpc) is 2.66. The van der Waals surface area contributed by atoms with Crippen molar-refractivity contribution in [3.8, 4) is 0 Å². The van der Waals surface area contributed by atoms with Gasteiger partial charge in [0.1, 0.15) is 15.7 Å². The third-order valence-corrected chi connectivity index (χ3v) is 4.47. The van der Waals surface area contributed by atoms with Crippen LogP contribution in [-0.2, 0) is 15.7 Å². The van der Waals surface area contributed by atoms with E-state index in [0.29, 0.717) is 10.8 Å². The highest BCUT2D eigenvalue weighted by Crippen LogP contribution is 2.28. The minimum Gasteiger partial charge on any atom is -0.322 e. The van der Waals surface area contributed by atoms with E-state index < -0.39 is 9.84 Å². The molecule has 0 saturated carbocycles. The highest BCUT2D eigenvalue weighted by Gasteiger charge is 2.20. The van der Waals surface area contributed by atoms with Crippen molar-refractivity contribution in [3.05, 3.63) is 29.0 Å². The van der Waals surface area contributed by atoms with Crippen molar-refractivity contribution in [3.63, 3.8) is 0 Å². The van der Waals surface area contributed by atoms with Crippen LogP contribution in [0.2, 0.25) is 5.02 Å². The molecule has 2 aromatic rings. The van der Waals surface area contributed by atoms with Crippen LogP contribution in [0.15, 0.2) is 18.2 Å². The van der Waals surface area contributed by atoms with Crippen molar-refractivity contribution >= 4 is 44.1 Å². The molecule has 0 amide bonds. The summed E-state index contributed by atoms with van der Waals surface area (Å²) in [7, 11) is -3.09. The lowest BCUT2D eigenvalue weighted by Gasteiger charge is -2.16. The first-order chi connectivity index (χ1) is 8.83. The molecule has 4 nitrogen and oxygen atoms in total. The number of alkyl halides is 1. The minimum absolute atomic E-state index is 0.0214. The number of sulfone groups is 1. The number of fused-ring (bicyclic) bond motifs is 1. The van der Waals surface area contributed by atoms with Crippen LogP contribution in [0.3, 0.4) is 0 Å². The largest absolute Gasteiger partial charge is 0.322 e. The number of aromatic nitrogens is 2. The monoisotopic (exact) mass is 320 g/mol. The Labute approximate surface area is 122 Å². The first-order valence-corrected chi connectivity index (χ1v) is 8.70. The van der Waals surface area contributed by atoms with Gasteiger partial charge in [0.25, 0.3) is 0 Å². The highest BCUT2D eigenvalue weighted by molar-refractivity contribution is 7.90. The average molecular weight is 321 g/mol. The van der Waals surface area contributed by atoms with Crippen LogP contribution in [0.1, 0.15) is 18.8 Å². The van der Waals surface area contributed by atoms with Gasteiger partial charge >= 0.3 is 0 Å². The Balaban J connectivity index is 2.63. The first-order valence-electron chi connectivity index (χ1n) is 5.72. The molecule has 1 aromatic heterocycles. The second-order valence-corrected chi connectivity index (χ2v) is 7.44. The molecular formula is C12H14Cl2N2O2S. The van der Waals surface area contributed by atoms with Crippen molar-refractivity contribution in [1.82, 2.24) is 9.55 Å². The standard InChI is InChI=1S/C12H14Cl2N2O2S/c1-8(7-19(2,17)18)16-11(6-13)15-10-5-3-4-9(14)12(10)16/h3-5,8H,6-7H2,1-2H3. The van der Waals surface area contributed by atoms with Gasteiger partial charge in [-0.2, -0.15) is 0 Å². The van der Waals surface area contributed by atoms with Crippen molar-refractivity contribution < 1.29 is 8.42 Å². The number of halogens is 2. The first kappa shape index (κ1) is 14.6. The summed E-state index contributed by atoms with van der Waals surface area (Å²) in [4.78, 5) is 4.39. The molecule has 1 heterocycles. The number of nitrogens with zero attached hydrogens (tertiary/aromatic N) is 2. The maximum absolute atomic E-state index is 11.5. The van der Waals surface area contributed by atoms with Gasteiger partial charge in [-0.1, -0.05) is 17.7 Å². The molecule has 0 aliphatic carbocycles. The zero-order valence-corrected chi connectivity index (χ0v) is 12.9. The molecule has 1 unspecified atom stereocenters. The van der Waals surface area contributed by atoms with E-state index in [-0.39, 0.29) is 17.7 Å². The van der Waals surface area contributed by atoms with E-state index >= 15 is 0 Å². The number of rotatable bonds is 4. The fourth-order valence-corrected chi connectivity index (χ4v) is 3.71. The van der Waals surface area contributed by atoms with Crippen molar-refractivity contribution in [2.24, 2.45) is 0 Å². The predicted molar refractivity (Wildman–Crippen MR) is 78.7 cm³/mol. The lowest BCUT2D eigenvalue weighted by Crippen LogP contribution is -2.18. The summed E-state index contributed by atoms with van der Waals surface area (Å²) in [6.07, 6.45) is 1.21. The topological polar surface area (TPSA) is 52.0 Å². The van der Waals surface area contributed by atoms with Crippen LogP contribution in [-0.4, -0.2) is 30.0 Å². The molecule has 0 aliphatic rings. The van der Waals surface area contributed by atoms with Crippen molar-refractivity contribution in [1.29, 1.82) is 0 Å². The summed E-state index contributed by atoms with van der Waals surface area (Å²) in [6.45, 7) is 1.82. The fourth-order valence-electron chi connectivity index (χ4n) is 2.24. The molecule has 1 aromatic carbocycles. The van der Waals surface area contributed by atoms with Crippen LogP contribution in [0, 0.1) is 0 Å². The molecule has 0 N–H and O–H groups in total. The van der Waals surface area contributed by atoms with Gasteiger partial charge in [-0.25, -0.2) is 13.4 Å². The smallest absolute Gasteiger partial charge is 0.149 e. The molecule has 2 rings (SSSR count). The van der Waals surface area contributed by atoms with E-state index in [1.165, 1.54) is 6.26 Å². The van der Waals surface area contributed by atoms with Crippen molar-refractivity contribution in [2.75, 3.05) is 12.0 Å². The normalized spacial score (nSPS) is 13.9. The molecule has 0 aliphatic heterocycles. The summed E-state index contributed by atoms with van der Waals surface area (Å²) in [5, 5.41) is 0.543. The van der Waals surface area contributed by atoms with Crippen LogP contribution < -0.4 is 0 Å². The molecule has 0 saturated heterocycles. The molecule has 19 heavy (non-hydrogen) atoms. The lowest BCUT2D eigenvalue weighted by molar-refractivity contribution is 0.561. The Morgan fingerprint density at radius 1 is 1.42 bits per heavy atom. The Hall–Kier alpha value is -0.780. The number of hydrogen-bond acceptors (Lipinski definition) is 3. The van der Waals surface area contributed by atoms with Crippen LogP contribution in [0.25, 0.3) is 11.0 Å². The Morgan fingerprint density at radius 3 is 2.68 bits per heavy atom. The van der Waals surface area contributed by atoms with Gasteiger partial charge in [-0.05, 0) is 19.1 Å². The van der Waals surface area contributed by atoms with Crippen LogP contribution >= 0.6 is 23.2 Å². The van der Waals surface area contributed by atoms with E-state index in [2.05, 4.69) is 4.98 Å². The van der Waals surface area contributed by atoms with Gasteiger partial charge in [0.15, 0.2) is 0 Å². The summed E-state index contributed by atoms with van der Waals surface area (Å²) in [5.74, 6) is 0.855. The predicted octanol–water partition coefficient (Wildman–Crippen LogP) is 3.03. The van der Waals surface area contributed by atoms with E-state index in [0.717, 1.165) is 11.0 Å². The van der Waals surface area contributed by atoms with E-state index in [1.807, 2.05) is 17.6 Å². The number of para-hydroxylation sites is 1. The minimum atomic E-state index is -3.09. The summed E-state index contributed by atoms with van der Waals surface area (Å²) >= 11 is 12.1. The van der Waals surface area contributed by atoms with E-state index in [4.69, 9.17) is 23.2 Å². The summed E-state index contributed by atoms with van der Waals surface area (Å²) in [6, 6.07) is 5.13.